The second-order valence-electron chi connectivity index (χ2n) is 6.72. The number of halogens is 1. The van der Waals surface area contributed by atoms with E-state index in [9.17, 15) is 13.2 Å². The molecule has 31 heavy (non-hydrogen) atoms. The lowest BCUT2D eigenvalue weighted by molar-refractivity contribution is 0.103. The quantitative estimate of drug-likeness (QED) is 0.445. The summed E-state index contributed by atoms with van der Waals surface area (Å²) in [6.07, 6.45) is 0.532. The second-order valence-corrected chi connectivity index (χ2v) is 10.1. The number of rotatable bonds is 9. The fourth-order valence-electron chi connectivity index (χ4n) is 2.71. The Hall–Kier alpha value is -2.62. The normalized spacial score (nSPS) is 11.2. The summed E-state index contributed by atoms with van der Waals surface area (Å²) >= 11 is 7.12. The molecule has 0 aliphatic rings. The molecular weight excluding hydrogens is 458 g/mol. The molecule has 0 unspecified atom stereocenters. The van der Waals surface area contributed by atoms with Crippen LogP contribution in [0, 0.1) is 6.92 Å². The standard InChI is InChI=1S/C21H22ClN3O4S2/c1-3-12-31(27,28)25-17-8-6-16(7-9-17)24-21(26)20-14(2)23-19(30-20)13-29-18-10-4-15(22)5-11-18/h4-11,25H,3,12-13H2,1-2H3,(H,24,26). The molecule has 0 atom stereocenters. The minimum absolute atomic E-state index is 0.0558. The van der Waals surface area contributed by atoms with Crippen LogP contribution in [-0.2, 0) is 16.6 Å². The first kappa shape index (κ1) is 23.1. The van der Waals surface area contributed by atoms with Gasteiger partial charge in [0, 0.05) is 16.4 Å². The van der Waals surface area contributed by atoms with Crippen molar-refractivity contribution < 1.29 is 17.9 Å². The number of benzene rings is 2. The predicted molar refractivity (Wildman–Crippen MR) is 125 cm³/mol. The largest absolute Gasteiger partial charge is 0.486 e. The number of carbonyl (C=O) groups excluding carboxylic acids is 1. The Balaban J connectivity index is 1.60. The van der Waals surface area contributed by atoms with Gasteiger partial charge in [0.15, 0.2) is 0 Å². The lowest BCUT2D eigenvalue weighted by Gasteiger charge is -2.08. The van der Waals surface area contributed by atoms with Crippen LogP contribution in [0.25, 0.3) is 0 Å². The van der Waals surface area contributed by atoms with Gasteiger partial charge in [0.1, 0.15) is 22.2 Å². The van der Waals surface area contributed by atoms with Crippen molar-refractivity contribution in [2.75, 3.05) is 15.8 Å². The van der Waals surface area contributed by atoms with E-state index in [0.717, 1.165) is 0 Å². The van der Waals surface area contributed by atoms with Gasteiger partial charge in [-0.05, 0) is 61.9 Å². The molecule has 0 bridgehead atoms. The third-order valence-corrected chi connectivity index (χ3v) is 6.99. The first-order valence-corrected chi connectivity index (χ1v) is 12.4. The Morgan fingerprint density at radius 3 is 2.39 bits per heavy atom. The van der Waals surface area contributed by atoms with E-state index in [2.05, 4.69) is 15.0 Å². The molecule has 1 amide bonds. The fourth-order valence-corrected chi connectivity index (χ4v) is 4.84. The van der Waals surface area contributed by atoms with Gasteiger partial charge in [-0.3, -0.25) is 9.52 Å². The van der Waals surface area contributed by atoms with Gasteiger partial charge in [-0.25, -0.2) is 13.4 Å². The van der Waals surface area contributed by atoms with E-state index in [4.69, 9.17) is 16.3 Å². The van der Waals surface area contributed by atoms with Crippen molar-refractivity contribution in [3.63, 3.8) is 0 Å². The Morgan fingerprint density at radius 1 is 1.10 bits per heavy atom. The summed E-state index contributed by atoms with van der Waals surface area (Å²) in [5, 5.41) is 4.11. The molecule has 0 aliphatic carbocycles. The average Bonchev–Trinajstić information content (AvgIpc) is 3.09. The van der Waals surface area contributed by atoms with E-state index in [1.807, 2.05) is 0 Å². The van der Waals surface area contributed by atoms with Crippen molar-refractivity contribution in [2.45, 2.75) is 26.9 Å². The number of thiazole rings is 1. The molecule has 164 valence electrons. The molecule has 0 fully saturated rings. The molecule has 7 nitrogen and oxygen atoms in total. The lowest BCUT2D eigenvalue weighted by atomic mass is 10.3. The first-order valence-electron chi connectivity index (χ1n) is 9.52. The molecule has 10 heteroatoms. The van der Waals surface area contributed by atoms with Gasteiger partial charge in [-0.1, -0.05) is 18.5 Å². The van der Waals surface area contributed by atoms with E-state index in [0.29, 0.717) is 44.1 Å². The number of anilines is 2. The zero-order valence-corrected chi connectivity index (χ0v) is 19.4. The highest BCUT2D eigenvalue weighted by Crippen LogP contribution is 2.23. The van der Waals surface area contributed by atoms with Crippen molar-refractivity contribution in [1.82, 2.24) is 4.98 Å². The van der Waals surface area contributed by atoms with Crippen molar-refractivity contribution in [3.8, 4) is 5.75 Å². The van der Waals surface area contributed by atoms with E-state index in [1.54, 1.807) is 62.4 Å². The molecule has 0 radical (unpaired) electrons. The maximum absolute atomic E-state index is 12.7. The highest BCUT2D eigenvalue weighted by Gasteiger charge is 2.16. The number of sulfonamides is 1. The molecule has 0 aliphatic heterocycles. The Morgan fingerprint density at radius 2 is 1.74 bits per heavy atom. The number of amides is 1. The summed E-state index contributed by atoms with van der Waals surface area (Å²) in [5.41, 5.74) is 1.61. The third kappa shape index (κ3) is 6.68. The topological polar surface area (TPSA) is 97.4 Å². The van der Waals surface area contributed by atoms with Crippen molar-refractivity contribution in [2.24, 2.45) is 0 Å². The summed E-state index contributed by atoms with van der Waals surface area (Å²) in [6, 6.07) is 13.5. The average molecular weight is 480 g/mol. The fraction of sp³-hybridized carbons (Fsp3) is 0.238. The maximum atomic E-state index is 12.7. The summed E-state index contributed by atoms with van der Waals surface area (Å²) in [7, 11) is -3.36. The van der Waals surface area contributed by atoms with Crippen LogP contribution in [0.4, 0.5) is 11.4 Å². The first-order chi connectivity index (χ1) is 14.8. The van der Waals surface area contributed by atoms with Crippen LogP contribution in [0.3, 0.4) is 0 Å². The van der Waals surface area contributed by atoms with Crippen LogP contribution in [0.5, 0.6) is 5.75 Å². The molecule has 3 aromatic rings. The monoisotopic (exact) mass is 479 g/mol. The number of nitrogens with one attached hydrogen (secondary N) is 2. The van der Waals surface area contributed by atoms with Gasteiger partial charge in [0.05, 0.1) is 11.4 Å². The van der Waals surface area contributed by atoms with Crippen LogP contribution in [0.15, 0.2) is 48.5 Å². The molecule has 3 rings (SSSR count). The minimum atomic E-state index is -3.36. The highest BCUT2D eigenvalue weighted by molar-refractivity contribution is 7.92. The molecule has 0 saturated heterocycles. The maximum Gasteiger partial charge on any atom is 0.267 e. The van der Waals surface area contributed by atoms with Gasteiger partial charge in [0.2, 0.25) is 10.0 Å². The highest BCUT2D eigenvalue weighted by atomic mass is 35.5. The number of hydrogen-bond donors (Lipinski definition) is 2. The minimum Gasteiger partial charge on any atom is -0.486 e. The van der Waals surface area contributed by atoms with E-state index < -0.39 is 10.0 Å². The molecule has 2 N–H and O–H groups in total. The smallest absolute Gasteiger partial charge is 0.267 e. The number of aromatic nitrogens is 1. The predicted octanol–water partition coefficient (Wildman–Crippen LogP) is 5.09. The lowest BCUT2D eigenvalue weighted by Crippen LogP contribution is -2.16. The van der Waals surface area contributed by atoms with Gasteiger partial charge >= 0.3 is 0 Å². The Kier molecular flexibility index (Phi) is 7.53. The van der Waals surface area contributed by atoms with Gasteiger partial charge in [-0.2, -0.15) is 0 Å². The van der Waals surface area contributed by atoms with Crippen molar-refractivity contribution >= 4 is 50.2 Å². The van der Waals surface area contributed by atoms with Crippen LogP contribution in [0.2, 0.25) is 5.02 Å². The Bertz CT molecular complexity index is 1140. The van der Waals surface area contributed by atoms with Gasteiger partial charge < -0.3 is 10.1 Å². The Labute approximate surface area is 190 Å². The summed E-state index contributed by atoms with van der Waals surface area (Å²) < 4.78 is 31.9. The molecule has 1 aromatic heterocycles. The zero-order chi connectivity index (χ0) is 22.4. The number of nitrogens with zero attached hydrogens (tertiary/aromatic N) is 1. The number of ether oxygens (including phenoxy) is 1. The summed E-state index contributed by atoms with van der Waals surface area (Å²) in [6.45, 7) is 3.81. The third-order valence-electron chi connectivity index (χ3n) is 4.11. The van der Waals surface area contributed by atoms with Gasteiger partial charge in [0.25, 0.3) is 5.91 Å². The number of hydrogen-bond acceptors (Lipinski definition) is 6. The van der Waals surface area contributed by atoms with E-state index >= 15 is 0 Å². The molecular formula is C21H22ClN3O4S2. The summed E-state index contributed by atoms with van der Waals surface area (Å²) in [4.78, 5) is 17.5. The van der Waals surface area contributed by atoms with Crippen molar-refractivity contribution in [3.05, 3.63) is 69.1 Å². The zero-order valence-electron chi connectivity index (χ0n) is 17.0. The molecule has 0 spiro atoms. The van der Waals surface area contributed by atoms with Crippen LogP contribution in [0.1, 0.15) is 33.7 Å². The summed E-state index contributed by atoms with van der Waals surface area (Å²) in [5.74, 6) is 0.435. The van der Waals surface area contributed by atoms with Crippen LogP contribution in [-0.4, -0.2) is 25.1 Å². The number of carbonyl (C=O) groups is 1. The molecule has 0 saturated carbocycles. The van der Waals surface area contributed by atoms with Gasteiger partial charge in [-0.15, -0.1) is 11.3 Å². The van der Waals surface area contributed by atoms with Crippen LogP contribution < -0.4 is 14.8 Å². The molecule has 2 aromatic carbocycles. The van der Waals surface area contributed by atoms with Crippen LogP contribution >= 0.6 is 22.9 Å². The second kappa shape index (κ2) is 10.1. The molecule has 1 heterocycles. The van der Waals surface area contributed by atoms with E-state index in [1.165, 1.54) is 11.3 Å². The van der Waals surface area contributed by atoms with Crippen molar-refractivity contribution in [1.29, 1.82) is 0 Å². The SMILES string of the molecule is CCCS(=O)(=O)Nc1ccc(NC(=O)c2sc(COc3ccc(Cl)cc3)nc2C)cc1. The number of aryl methyl sites for hydroxylation is 1. The van der Waals surface area contributed by atoms with E-state index in [-0.39, 0.29) is 18.3 Å².